The Morgan fingerprint density at radius 1 is 0.973 bits per heavy atom. The van der Waals surface area contributed by atoms with Gasteiger partial charge in [-0.25, -0.2) is 0 Å². The molecule has 1 heterocycles. The van der Waals surface area contributed by atoms with Gasteiger partial charge in [-0.1, -0.05) is 77.3 Å². The lowest BCUT2D eigenvalue weighted by molar-refractivity contribution is -0.138. The van der Waals surface area contributed by atoms with Gasteiger partial charge >= 0.3 is 6.18 Å². The summed E-state index contributed by atoms with van der Waals surface area (Å²) in [6.07, 6.45) is 1.12. The van der Waals surface area contributed by atoms with Crippen LogP contribution in [0.4, 0.5) is 18.9 Å². The number of halogens is 3. The molecule has 0 fully saturated rings. The van der Waals surface area contributed by atoms with Gasteiger partial charge in [-0.15, -0.1) is 0 Å². The molecule has 3 rings (SSSR count). The smallest absolute Gasteiger partial charge is 0.361 e. The second-order valence-corrected chi connectivity index (χ2v) is 9.46. The molecule has 2 aromatic rings. The maximum Gasteiger partial charge on any atom is 0.416 e. The highest BCUT2D eigenvalue weighted by Gasteiger charge is 2.36. The molecule has 0 saturated heterocycles. The Hall–Kier alpha value is -2.19. The van der Waals surface area contributed by atoms with E-state index in [1.165, 1.54) is 37.1 Å². The Bertz CT molecular complexity index is 899. The molecular formula is C29H47F3N4S. The SMILES string of the molecule is CC.CCCCC.CN=C1NC(c2ccccc2C(F)(F)F)Nc2ccccc21.CSCC(C)N(C)C. The number of rotatable bonds is 6. The van der Waals surface area contributed by atoms with Gasteiger partial charge in [0, 0.05) is 35.7 Å². The third kappa shape index (κ3) is 12.3. The monoisotopic (exact) mass is 540 g/mol. The van der Waals surface area contributed by atoms with E-state index >= 15 is 0 Å². The lowest BCUT2D eigenvalue weighted by Crippen LogP contribution is -2.39. The summed E-state index contributed by atoms with van der Waals surface area (Å²) in [7, 11) is 5.83. The van der Waals surface area contributed by atoms with Crippen LogP contribution in [0, 0.1) is 0 Å². The zero-order valence-corrected chi connectivity index (χ0v) is 24.9. The lowest BCUT2D eigenvalue weighted by atomic mass is 10.0. The molecule has 0 aromatic heterocycles. The second-order valence-electron chi connectivity index (χ2n) is 8.55. The fourth-order valence-electron chi connectivity index (χ4n) is 3.31. The largest absolute Gasteiger partial charge is 0.416 e. The molecule has 1 aliphatic rings. The third-order valence-electron chi connectivity index (χ3n) is 5.56. The predicted molar refractivity (Wildman–Crippen MR) is 158 cm³/mol. The van der Waals surface area contributed by atoms with Gasteiger partial charge in [0.25, 0.3) is 0 Å². The molecule has 0 aliphatic carbocycles. The first-order valence-corrected chi connectivity index (χ1v) is 14.4. The topological polar surface area (TPSA) is 39.7 Å². The maximum absolute atomic E-state index is 13.2. The van der Waals surface area contributed by atoms with E-state index in [0.29, 0.717) is 11.9 Å². The highest BCUT2D eigenvalue weighted by atomic mass is 32.2. The number of nitrogens with zero attached hydrogens (tertiary/aromatic N) is 2. The molecule has 2 N–H and O–H groups in total. The van der Waals surface area contributed by atoms with Crippen molar-refractivity contribution >= 4 is 23.3 Å². The Morgan fingerprint density at radius 3 is 2.00 bits per heavy atom. The third-order valence-corrected chi connectivity index (χ3v) is 6.38. The number of hydrogen-bond donors (Lipinski definition) is 2. The van der Waals surface area contributed by atoms with Crippen LogP contribution >= 0.6 is 11.8 Å². The van der Waals surface area contributed by atoms with Crippen molar-refractivity contribution in [1.29, 1.82) is 0 Å². The number of benzene rings is 2. The standard InChI is InChI=1S/C16H14F3N3.C6H15NS.C5H12.C2H6/c1-20-14-11-7-3-5-9-13(11)21-15(22-14)10-6-2-4-8-12(10)16(17,18)19;1-6(5-8-4)7(2)3;1-3-5-4-2;1-2/h2-9,15,21H,1H3,(H,20,22);6H,5H2,1-4H3;3-5H2,1-2H3;1-2H3. The van der Waals surface area contributed by atoms with Crippen LogP contribution in [-0.4, -0.2) is 49.9 Å². The molecule has 2 aromatic carbocycles. The van der Waals surface area contributed by atoms with Crippen LogP contribution in [0.25, 0.3) is 0 Å². The molecule has 37 heavy (non-hydrogen) atoms. The molecule has 0 amide bonds. The summed E-state index contributed by atoms with van der Waals surface area (Å²) in [5.41, 5.74) is 1.08. The van der Waals surface area contributed by atoms with Crippen LogP contribution in [0.3, 0.4) is 0 Å². The fourth-order valence-corrected chi connectivity index (χ4v) is 4.09. The van der Waals surface area contributed by atoms with Crippen molar-refractivity contribution in [3.8, 4) is 0 Å². The molecular weight excluding hydrogens is 493 g/mol. The van der Waals surface area contributed by atoms with Crippen molar-refractivity contribution in [2.24, 2.45) is 4.99 Å². The summed E-state index contributed by atoms with van der Waals surface area (Å²) >= 11 is 1.90. The molecule has 1 aliphatic heterocycles. The average Bonchev–Trinajstić information content (AvgIpc) is 2.90. The Kier molecular flexibility index (Phi) is 17.8. The zero-order chi connectivity index (χ0) is 28.4. The molecule has 4 nitrogen and oxygen atoms in total. The summed E-state index contributed by atoms with van der Waals surface area (Å²) in [4.78, 5) is 6.37. The van der Waals surface area contributed by atoms with Crippen LogP contribution in [0.1, 0.15) is 76.7 Å². The minimum absolute atomic E-state index is 0.144. The van der Waals surface area contributed by atoms with Crippen LogP contribution in [-0.2, 0) is 6.18 Å². The first-order valence-electron chi connectivity index (χ1n) is 13.0. The predicted octanol–water partition coefficient (Wildman–Crippen LogP) is 8.32. The lowest BCUT2D eigenvalue weighted by Gasteiger charge is -2.31. The van der Waals surface area contributed by atoms with E-state index in [4.69, 9.17) is 0 Å². The molecule has 0 spiro atoms. The summed E-state index contributed by atoms with van der Waals surface area (Å²) in [5.74, 6) is 1.80. The normalized spacial score (nSPS) is 15.9. The number of fused-ring (bicyclic) bond motifs is 1. The summed E-state index contributed by atoms with van der Waals surface area (Å²) in [5, 5.41) is 6.13. The fraction of sp³-hybridized carbons (Fsp3) is 0.552. The summed E-state index contributed by atoms with van der Waals surface area (Å²) < 4.78 is 39.6. The van der Waals surface area contributed by atoms with Gasteiger partial charge in [0.2, 0.25) is 0 Å². The van der Waals surface area contributed by atoms with Crippen molar-refractivity contribution < 1.29 is 13.2 Å². The minimum atomic E-state index is -4.40. The minimum Gasteiger partial charge on any atom is -0.361 e. The number of alkyl halides is 3. The van der Waals surface area contributed by atoms with Crippen LogP contribution < -0.4 is 10.6 Å². The van der Waals surface area contributed by atoms with Crippen LogP contribution in [0.5, 0.6) is 0 Å². The summed E-state index contributed by atoms with van der Waals surface area (Å²) in [6, 6.07) is 13.6. The van der Waals surface area contributed by atoms with Gasteiger partial charge < -0.3 is 15.5 Å². The Balaban J connectivity index is 0.000000718. The van der Waals surface area contributed by atoms with Crippen LogP contribution in [0.2, 0.25) is 0 Å². The average molecular weight is 541 g/mol. The molecule has 0 radical (unpaired) electrons. The van der Waals surface area contributed by atoms with Crippen molar-refractivity contribution in [3.63, 3.8) is 0 Å². The number of unbranched alkanes of at least 4 members (excludes halogenated alkanes) is 2. The number of anilines is 1. The van der Waals surface area contributed by atoms with Gasteiger partial charge in [-0.3, -0.25) is 4.99 Å². The Labute approximate surface area is 227 Å². The molecule has 210 valence electrons. The number of amidine groups is 1. The van der Waals surface area contributed by atoms with Crippen molar-refractivity contribution in [2.75, 3.05) is 38.5 Å². The highest BCUT2D eigenvalue weighted by Crippen LogP contribution is 2.36. The van der Waals surface area contributed by atoms with Gasteiger partial charge in [-0.05, 0) is 45.5 Å². The highest BCUT2D eigenvalue weighted by molar-refractivity contribution is 7.98. The number of hydrogen-bond acceptors (Lipinski definition) is 4. The van der Waals surface area contributed by atoms with E-state index in [0.717, 1.165) is 17.3 Å². The first-order chi connectivity index (χ1) is 17.6. The number of thioether (sulfide) groups is 1. The van der Waals surface area contributed by atoms with Gasteiger partial charge in [0.05, 0.1) is 5.56 Å². The van der Waals surface area contributed by atoms with Crippen molar-refractivity contribution in [2.45, 2.75) is 72.3 Å². The molecule has 8 heteroatoms. The van der Waals surface area contributed by atoms with Gasteiger partial charge in [0.15, 0.2) is 0 Å². The summed E-state index contributed by atoms with van der Waals surface area (Å²) in [6.45, 7) is 10.7. The molecule has 2 atom stereocenters. The molecule has 2 unspecified atom stereocenters. The maximum atomic E-state index is 13.2. The quantitative estimate of drug-likeness (QED) is 0.386. The van der Waals surface area contributed by atoms with Crippen molar-refractivity contribution in [3.05, 3.63) is 65.2 Å². The number of aliphatic imine (C=N–C) groups is 1. The number of nitrogens with one attached hydrogen (secondary N) is 2. The van der Waals surface area contributed by atoms with E-state index < -0.39 is 17.9 Å². The zero-order valence-electron chi connectivity index (χ0n) is 24.0. The van der Waals surface area contributed by atoms with E-state index in [-0.39, 0.29) is 5.56 Å². The van der Waals surface area contributed by atoms with E-state index in [1.807, 2.05) is 49.9 Å². The van der Waals surface area contributed by atoms with E-state index in [2.05, 4.69) is 61.6 Å². The van der Waals surface area contributed by atoms with E-state index in [9.17, 15) is 13.2 Å². The van der Waals surface area contributed by atoms with Crippen LogP contribution in [0.15, 0.2) is 53.5 Å². The molecule has 0 saturated carbocycles. The number of para-hydroxylation sites is 1. The van der Waals surface area contributed by atoms with Gasteiger partial charge in [-0.2, -0.15) is 24.9 Å². The second kappa shape index (κ2) is 19.0. The van der Waals surface area contributed by atoms with Crippen molar-refractivity contribution in [1.82, 2.24) is 10.2 Å². The Morgan fingerprint density at radius 2 is 1.54 bits per heavy atom. The van der Waals surface area contributed by atoms with Gasteiger partial charge in [0.1, 0.15) is 12.0 Å². The van der Waals surface area contributed by atoms with E-state index in [1.54, 1.807) is 13.1 Å². The first kappa shape index (κ1) is 34.8. The molecule has 0 bridgehead atoms.